The minimum atomic E-state index is -0.0433. The van der Waals surface area contributed by atoms with Crippen molar-refractivity contribution in [3.8, 4) is 11.3 Å². The molecule has 2 heteroatoms. The molecule has 40 heavy (non-hydrogen) atoms. The highest BCUT2D eigenvalue weighted by atomic mass is 32.1. The Bertz CT molecular complexity index is 1690. The van der Waals surface area contributed by atoms with Crippen LogP contribution in [0.4, 0.5) is 0 Å². The number of aromatic nitrogens is 1. The number of fused-ring (bicyclic) bond motifs is 4. The Balaban J connectivity index is 1.80. The van der Waals surface area contributed by atoms with Crippen molar-refractivity contribution in [2.75, 3.05) is 0 Å². The smallest absolute Gasteiger partial charge is 0.0880 e. The summed E-state index contributed by atoms with van der Waals surface area (Å²) in [5, 5.41) is 5.23. The van der Waals surface area contributed by atoms with Gasteiger partial charge < -0.3 is 0 Å². The second-order valence-electron chi connectivity index (χ2n) is 15.8. The van der Waals surface area contributed by atoms with E-state index >= 15 is 0 Å². The lowest BCUT2D eigenvalue weighted by atomic mass is 9.42. The van der Waals surface area contributed by atoms with Crippen molar-refractivity contribution in [2.24, 2.45) is 16.2 Å². The quantitative estimate of drug-likeness (QED) is 0.213. The molecule has 5 rings (SSSR count). The molecule has 0 atom stereocenters. The van der Waals surface area contributed by atoms with E-state index < -0.39 is 0 Å². The second kappa shape index (κ2) is 9.15. The van der Waals surface area contributed by atoms with Crippen LogP contribution in [0.3, 0.4) is 0 Å². The fraction of sp³-hybridized carbons (Fsp3) is 0.447. The van der Waals surface area contributed by atoms with Crippen LogP contribution in [0.2, 0.25) is 0 Å². The molecule has 2 heterocycles. The van der Waals surface area contributed by atoms with Crippen molar-refractivity contribution in [2.45, 2.75) is 93.9 Å². The van der Waals surface area contributed by atoms with Crippen molar-refractivity contribution < 1.29 is 0 Å². The fourth-order valence-electron chi connectivity index (χ4n) is 8.88. The van der Waals surface area contributed by atoms with Crippen LogP contribution >= 0.6 is 11.3 Å². The molecule has 0 saturated heterocycles. The first-order chi connectivity index (χ1) is 18.4. The average Bonchev–Trinajstić information content (AvgIpc) is 3.18. The van der Waals surface area contributed by atoms with Gasteiger partial charge in [0.15, 0.2) is 0 Å². The first-order valence-corrected chi connectivity index (χ1v) is 15.5. The monoisotopic (exact) mass is 549 g/mol. The molecule has 210 valence electrons. The van der Waals surface area contributed by atoms with Crippen LogP contribution in [-0.2, 0) is 10.8 Å². The van der Waals surface area contributed by atoms with Crippen molar-refractivity contribution in [3.05, 3.63) is 78.0 Å². The highest BCUT2D eigenvalue weighted by Crippen LogP contribution is 2.62. The zero-order valence-corrected chi connectivity index (χ0v) is 27.5. The highest BCUT2D eigenvalue weighted by molar-refractivity contribution is 7.26. The van der Waals surface area contributed by atoms with Crippen molar-refractivity contribution in [1.29, 1.82) is 0 Å². The van der Waals surface area contributed by atoms with Gasteiger partial charge >= 0.3 is 0 Å². The Kier molecular flexibility index (Phi) is 6.59. The molecule has 0 aliphatic carbocycles. The molecule has 0 bridgehead atoms. The summed E-state index contributed by atoms with van der Waals surface area (Å²) >= 11 is 1.90. The minimum Gasteiger partial charge on any atom is -0.255 e. The molecule has 0 N–H and O–H groups in total. The van der Waals surface area contributed by atoms with E-state index in [0.717, 1.165) is 5.69 Å². The molecule has 0 aliphatic rings. The minimum absolute atomic E-state index is 0.0365. The highest BCUT2D eigenvalue weighted by Gasteiger charge is 2.58. The molecule has 0 amide bonds. The zero-order chi connectivity index (χ0) is 29.5. The molecule has 0 saturated carbocycles. The molecule has 0 unspecified atom stereocenters. The topological polar surface area (TPSA) is 12.9 Å². The Morgan fingerprint density at radius 3 is 1.82 bits per heavy atom. The average molecular weight is 550 g/mol. The van der Waals surface area contributed by atoms with Gasteiger partial charge in [-0.05, 0) is 67.8 Å². The van der Waals surface area contributed by atoms with E-state index in [1.165, 1.54) is 47.6 Å². The molecule has 5 aromatic rings. The van der Waals surface area contributed by atoms with E-state index in [9.17, 15) is 0 Å². The van der Waals surface area contributed by atoms with Crippen molar-refractivity contribution in [3.63, 3.8) is 0 Å². The summed E-state index contributed by atoms with van der Waals surface area (Å²) in [7, 11) is 0. The lowest BCUT2D eigenvalue weighted by Gasteiger charge is -2.61. The van der Waals surface area contributed by atoms with Gasteiger partial charge in [0.25, 0.3) is 0 Å². The van der Waals surface area contributed by atoms with Gasteiger partial charge in [-0.3, -0.25) is 4.98 Å². The van der Waals surface area contributed by atoms with E-state index in [1.807, 2.05) is 17.5 Å². The molecule has 0 fully saturated rings. The van der Waals surface area contributed by atoms with Crippen LogP contribution in [-0.4, -0.2) is 4.98 Å². The number of nitrogens with zero attached hydrogens (tertiary/aromatic N) is 1. The molecule has 0 radical (unpaired) electrons. The summed E-state index contributed by atoms with van der Waals surface area (Å²) in [5.74, 6) is 0. The summed E-state index contributed by atoms with van der Waals surface area (Å²) < 4.78 is 2.62. The number of hydrogen-bond donors (Lipinski definition) is 0. The molecule has 1 nitrogen and oxygen atoms in total. The van der Waals surface area contributed by atoms with Crippen LogP contribution in [0.15, 0.2) is 66.9 Å². The third kappa shape index (κ3) is 4.30. The van der Waals surface area contributed by atoms with Crippen LogP contribution in [0.1, 0.15) is 94.2 Å². The number of thiophene rings is 1. The molecular formula is C38H47NS. The molecule has 0 aliphatic heterocycles. The summed E-state index contributed by atoms with van der Waals surface area (Å²) in [5.41, 5.74) is 5.29. The van der Waals surface area contributed by atoms with Gasteiger partial charge in [-0.25, -0.2) is 0 Å². The Morgan fingerprint density at radius 1 is 0.600 bits per heavy atom. The van der Waals surface area contributed by atoms with Gasteiger partial charge in [-0.1, -0.05) is 119 Å². The first kappa shape index (κ1) is 28.8. The zero-order valence-electron chi connectivity index (χ0n) is 26.7. The van der Waals surface area contributed by atoms with Gasteiger partial charge in [-0.15, -0.1) is 11.3 Å². The lowest BCUT2D eigenvalue weighted by molar-refractivity contribution is -0.0442. The number of pyridine rings is 1. The summed E-state index contributed by atoms with van der Waals surface area (Å²) in [6, 6.07) is 23.0. The van der Waals surface area contributed by atoms with E-state index in [0.29, 0.717) is 0 Å². The van der Waals surface area contributed by atoms with E-state index in [-0.39, 0.29) is 27.1 Å². The SMILES string of the molecule is CC(C)(C)c1cc(-c2nccc3c2sc2cc(C(C(C)(C)C)(C(C)(C)C)C(C)(C)C)ccc23)cc2ccccc12. The lowest BCUT2D eigenvalue weighted by Crippen LogP contribution is -2.58. The van der Waals surface area contributed by atoms with Gasteiger partial charge in [-0.2, -0.15) is 0 Å². The maximum Gasteiger partial charge on any atom is 0.0880 e. The predicted molar refractivity (Wildman–Crippen MR) is 179 cm³/mol. The maximum atomic E-state index is 5.00. The van der Waals surface area contributed by atoms with E-state index in [2.05, 4.69) is 144 Å². The fourth-order valence-corrected chi connectivity index (χ4v) is 10.1. The van der Waals surface area contributed by atoms with Crippen LogP contribution in [0.25, 0.3) is 42.2 Å². The Labute approximate surface area is 246 Å². The largest absolute Gasteiger partial charge is 0.255 e. The molecular weight excluding hydrogens is 502 g/mol. The normalized spacial score (nSPS) is 14.0. The molecule has 2 aromatic heterocycles. The number of hydrogen-bond acceptors (Lipinski definition) is 2. The van der Waals surface area contributed by atoms with Crippen LogP contribution in [0, 0.1) is 16.2 Å². The van der Waals surface area contributed by atoms with Gasteiger partial charge in [0, 0.05) is 32.6 Å². The third-order valence-electron chi connectivity index (χ3n) is 9.14. The Hall–Kier alpha value is -2.71. The summed E-state index contributed by atoms with van der Waals surface area (Å²) in [6.07, 6.45) is 1.99. The Morgan fingerprint density at radius 2 is 1.23 bits per heavy atom. The van der Waals surface area contributed by atoms with E-state index in [1.54, 1.807) is 0 Å². The first-order valence-electron chi connectivity index (χ1n) is 14.7. The number of benzene rings is 3. The van der Waals surface area contributed by atoms with Crippen molar-refractivity contribution in [1.82, 2.24) is 4.98 Å². The molecule has 3 aromatic carbocycles. The second-order valence-corrected chi connectivity index (χ2v) is 16.9. The van der Waals surface area contributed by atoms with Gasteiger partial charge in [0.2, 0.25) is 0 Å². The van der Waals surface area contributed by atoms with E-state index in [4.69, 9.17) is 4.98 Å². The summed E-state index contributed by atoms with van der Waals surface area (Å²) in [6.45, 7) is 28.7. The van der Waals surface area contributed by atoms with Crippen LogP contribution in [0.5, 0.6) is 0 Å². The van der Waals surface area contributed by atoms with Gasteiger partial charge in [0.1, 0.15) is 0 Å². The number of rotatable bonds is 2. The van der Waals surface area contributed by atoms with Gasteiger partial charge in [0.05, 0.1) is 10.4 Å². The summed E-state index contributed by atoms with van der Waals surface area (Å²) in [4.78, 5) is 5.00. The predicted octanol–water partition coefficient (Wildman–Crippen LogP) is 11.9. The maximum absolute atomic E-state index is 5.00. The molecule has 0 spiro atoms. The van der Waals surface area contributed by atoms with Crippen LogP contribution < -0.4 is 0 Å². The van der Waals surface area contributed by atoms with Crippen molar-refractivity contribution >= 4 is 42.3 Å². The standard InChI is InChI=1S/C38H47NS/c1-34(2,3)30-22-25(21-24-15-13-14-16-27(24)30)32-33-29(19-20-39-32)28-18-17-26(23-31(28)40-33)38(35(4,5)6,36(7,8)9)37(10,11)12/h13-23H,1-12H3. The third-order valence-corrected chi connectivity index (χ3v) is 10.3.